The van der Waals surface area contributed by atoms with Crippen molar-refractivity contribution in [2.24, 2.45) is 7.05 Å². The molecule has 1 saturated carbocycles. The molecular weight excluding hydrogens is 140 g/mol. The van der Waals surface area contributed by atoms with Gasteiger partial charge in [-0.1, -0.05) is 6.42 Å². The second-order valence-electron chi connectivity index (χ2n) is 3.10. The first-order valence-electron chi connectivity index (χ1n) is 3.94. The molecule has 0 saturated heterocycles. The van der Waals surface area contributed by atoms with Crippen molar-refractivity contribution in [1.82, 2.24) is 14.8 Å². The van der Waals surface area contributed by atoms with Gasteiger partial charge in [0.1, 0.15) is 5.82 Å². The number of nitrogens with two attached hydrogens (primary N) is 1. The summed E-state index contributed by atoms with van der Waals surface area (Å²) in [5.74, 6) is 2.19. The van der Waals surface area contributed by atoms with Crippen molar-refractivity contribution in [3.8, 4) is 0 Å². The van der Waals surface area contributed by atoms with Gasteiger partial charge in [0.2, 0.25) is 5.95 Å². The predicted molar refractivity (Wildman–Crippen MR) is 42.0 cm³/mol. The molecule has 60 valence electrons. The van der Waals surface area contributed by atoms with Crippen LogP contribution in [0.5, 0.6) is 0 Å². The van der Waals surface area contributed by atoms with Gasteiger partial charge in [0.15, 0.2) is 0 Å². The molecule has 2 N–H and O–H groups in total. The Morgan fingerprint density at radius 3 is 2.55 bits per heavy atom. The predicted octanol–water partition coefficient (Wildman–Crippen LogP) is 0.665. The van der Waals surface area contributed by atoms with E-state index in [9.17, 15) is 0 Å². The zero-order valence-electron chi connectivity index (χ0n) is 6.62. The van der Waals surface area contributed by atoms with E-state index in [1.54, 1.807) is 0 Å². The van der Waals surface area contributed by atoms with Gasteiger partial charge in [0.25, 0.3) is 0 Å². The van der Waals surface area contributed by atoms with Crippen molar-refractivity contribution in [2.75, 3.05) is 5.73 Å². The van der Waals surface area contributed by atoms with E-state index >= 15 is 0 Å². The van der Waals surface area contributed by atoms with Crippen LogP contribution in [0.4, 0.5) is 5.95 Å². The Hall–Kier alpha value is -1.06. The van der Waals surface area contributed by atoms with Gasteiger partial charge in [-0.3, -0.25) is 0 Å². The topological polar surface area (TPSA) is 56.7 Å². The zero-order valence-corrected chi connectivity index (χ0v) is 6.62. The number of nitrogens with zero attached hydrogens (tertiary/aromatic N) is 3. The standard InChI is InChI=1S/C7H12N4/c1-11-6(5-3-2-4-5)9-10-7(11)8/h5H,2-4H2,1H3,(H2,8,10). The lowest BCUT2D eigenvalue weighted by molar-refractivity contribution is 0.392. The van der Waals surface area contributed by atoms with Crippen LogP contribution in [0.15, 0.2) is 0 Å². The summed E-state index contributed by atoms with van der Waals surface area (Å²) in [4.78, 5) is 0. The molecule has 0 bridgehead atoms. The van der Waals surface area contributed by atoms with Gasteiger partial charge >= 0.3 is 0 Å². The van der Waals surface area contributed by atoms with Gasteiger partial charge in [-0.05, 0) is 12.8 Å². The van der Waals surface area contributed by atoms with E-state index < -0.39 is 0 Å². The molecule has 1 heterocycles. The normalized spacial score (nSPS) is 18.3. The molecule has 1 aromatic heterocycles. The number of nitrogen functional groups attached to an aromatic ring is 1. The Morgan fingerprint density at radius 1 is 1.45 bits per heavy atom. The van der Waals surface area contributed by atoms with Crippen molar-refractivity contribution < 1.29 is 0 Å². The van der Waals surface area contributed by atoms with Crippen LogP contribution in [0.3, 0.4) is 0 Å². The molecule has 1 aliphatic carbocycles. The third-order valence-corrected chi connectivity index (χ3v) is 2.41. The summed E-state index contributed by atoms with van der Waals surface area (Å²) in [6.45, 7) is 0. The Balaban J connectivity index is 2.29. The fourth-order valence-electron chi connectivity index (χ4n) is 1.38. The molecule has 4 nitrogen and oxygen atoms in total. The summed E-state index contributed by atoms with van der Waals surface area (Å²) in [6.07, 6.45) is 3.80. The quantitative estimate of drug-likeness (QED) is 0.643. The largest absolute Gasteiger partial charge is 0.368 e. The second kappa shape index (κ2) is 2.22. The van der Waals surface area contributed by atoms with E-state index in [1.807, 2.05) is 11.6 Å². The van der Waals surface area contributed by atoms with Gasteiger partial charge in [-0.25, -0.2) is 0 Å². The molecule has 2 rings (SSSR count). The van der Waals surface area contributed by atoms with Gasteiger partial charge in [0, 0.05) is 13.0 Å². The van der Waals surface area contributed by atoms with Crippen molar-refractivity contribution in [2.45, 2.75) is 25.2 Å². The summed E-state index contributed by atoms with van der Waals surface area (Å²) in [5, 5.41) is 7.84. The van der Waals surface area contributed by atoms with Crippen LogP contribution >= 0.6 is 0 Å². The first kappa shape index (κ1) is 6.64. The van der Waals surface area contributed by atoms with E-state index in [0.717, 1.165) is 5.82 Å². The van der Waals surface area contributed by atoms with Crippen LogP contribution in [-0.4, -0.2) is 14.8 Å². The molecular formula is C7H12N4. The Labute approximate surface area is 65.4 Å². The maximum absolute atomic E-state index is 5.55. The smallest absolute Gasteiger partial charge is 0.221 e. The molecule has 1 aromatic rings. The van der Waals surface area contributed by atoms with Crippen LogP contribution in [0.2, 0.25) is 0 Å². The molecule has 1 fully saturated rings. The fourth-order valence-corrected chi connectivity index (χ4v) is 1.38. The summed E-state index contributed by atoms with van der Waals surface area (Å²) in [5.41, 5.74) is 5.55. The first-order valence-corrected chi connectivity index (χ1v) is 3.94. The lowest BCUT2D eigenvalue weighted by Crippen LogP contribution is -2.14. The molecule has 4 heteroatoms. The molecule has 0 amide bonds. The third kappa shape index (κ3) is 0.895. The number of anilines is 1. The highest BCUT2D eigenvalue weighted by Crippen LogP contribution is 2.35. The van der Waals surface area contributed by atoms with Crippen molar-refractivity contribution in [3.63, 3.8) is 0 Å². The summed E-state index contributed by atoms with van der Waals surface area (Å²) < 4.78 is 1.88. The molecule has 1 aliphatic rings. The van der Waals surface area contributed by atoms with Crippen molar-refractivity contribution in [3.05, 3.63) is 5.82 Å². The van der Waals surface area contributed by atoms with Crippen molar-refractivity contribution >= 4 is 5.95 Å². The van der Waals surface area contributed by atoms with Crippen LogP contribution in [-0.2, 0) is 7.05 Å². The summed E-state index contributed by atoms with van der Waals surface area (Å²) in [7, 11) is 1.92. The molecule has 0 atom stereocenters. The van der Waals surface area contributed by atoms with Crippen molar-refractivity contribution in [1.29, 1.82) is 0 Å². The van der Waals surface area contributed by atoms with E-state index in [4.69, 9.17) is 5.73 Å². The fraction of sp³-hybridized carbons (Fsp3) is 0.714. The Bertz CT molecular complexity index is 261. The monoisotopic (exact) mass is 152 g/mol. The number of aromatic nitrogens is 3. The number of hydrogen-bond acceptors (Lipinski definition) is 3. The van der Waals surface area contributed by atoms with Crippen LogP contribution < -0.4 is 5.73 Å². The van der Waals surface area contributed by atoms with E-state index in [2.05, 4.69) is 10.2 Å². The lowest BCUT2D eigenvalue weighted by Gasteiger charge is -2.23. The van der Waals surface area contributed by atoms with Gasteiger partial charge in [0.05, 0.1) is 0 Å². The molecule has 11 heavy (non-hydrogen) atoms. The van der Waals surface area contributed by atoms with E-state index in [0.29, 0.717) is 11.9 Å². The van der Waals surface area contributed by atoms with Crippen LogP contribution in [0.25, 0.3) is 0 Å². The van der Waals surface area contributed by atoms with Gasteiger partial charge in [-0.2, -0.15) is 0 Å². The molecule has 0 radical (unpaired) electrons. The minimum atomic E-state index is 0.520. The van der Waals surface area contributed by atoms with Gasteiger partial charge < -0.3 is 10.3 Å². The molecule has 0 spiro atoms. The summed E-state index contributed by atoms with van der Waals surface area (Å²) in [6, 6.07) is 0. The third-order valence-electron chi connectivity index (χ3n) is 2.41. The lowest BCUT2D eigenvalue weighted by atomic mass is 9.85. The molecule has 0 unspecified atom stereocenters. The summed E-state index contributed by atoms with van der Waals surface area (Å²) >= 11 is 0. The minimum Gasteiger partial charge on any atom is -0.368 e. The zero-order chi connectivity index (χ0) is 7.84. The second-order valence-corrected chi connectivity index (χ2v) is 3.10. The Morgan fingerprint density at radius 2 is 2.18 bits per heavy atom. The average molecular weight is 152 g/mol. The van der Waals surface area contributed by atoms with Crippen LogP contribution in [0.1, 0.15) is 31.0 Å². The average Bonchev–Trinajstić information content (AvgIpc) is 2.15. The maximum Gasteiger partial charge on any atom is 0.221 e. The van der Waals surface area contributed by atoms with Gasteiger partial charge in [-0.15, -0.1) is 10.2 Å². The first-order chi connectivity index (χ1) is 5.29. The maximum atomic E-state index is 5.55. The molecule has 0 aromatic carbocycles. The number of rotatable bonds is 1. The van der Waals surface area contributed by atoms with E-state index in [-0.39, 0.29) is 0 Å². The Kier molecular flexibility index (Phi) is 1.34. The number of hydrogen-bond donors (Lipinski definition) is 1. The SMILES string of the molecule is Cn1c(N)nnc1C1CCC1. The molecule has 0 aliphatic heterocycles. The highest BCUT2D eigenvalue weighted by molar-refractivity contribution is 5.19. The highest BCUT2D eigenvalue weighted by Gasteiger charge is 2.24. The highest BCUT2D eigenvalue weighted by atomic mass is 15.3. The van der Waals surface area contributed by atoms with E-state index in [1.165, 1.54) is 19.3 Å². The van der Waals surface area contributed by atoms with Crippen LogP contribution in [0, 0.1) is 0 Å². The minimum absolute atomic E-state index is 0.520.